The van der Waals surface area contributed by atoms with Crippen LogP contribution in [0.3, 0.4) is 0 Å². The molecule has 0 atom stereocenters. The molecule has 0 saturated carbocycles. The molecule has 0 aliphatic rings. The largest absolute Gasteiger partial charge is 0.467 e. The molecule has 0 spiro atoms. The first-order valence-corrected chi connectivity index (χ1v) is 12.3. The lowest BCUT2D eigenvalue weighted by molar-refractivity contribution is -0.146. The molecule has 0 aliphatic carbocycles. The van der Waals surface area contributed by atoms with Crippen LogP contribution in [-0.4, -0.2) is 107 Å². The molecule has 1 aromatic carbocycles. The Hall–Kier alpha value is -2.94. The second-order valence-electron chi connectivity index (χ2n) is 7.33. The molecule has 0 bridgehead atoms. The lowest BCUT2D eigenvalue weighted by Crippen LogP contribution is -2.18. The Morgan fingerprint density at radius 2 is 1.03 bits per heavy atom. The van der Waals surface area contributed by atoms with E-state index >= 15 is 0 Å². The highest BCUT2D eigenvalue weighted by molar-refractivity contribution is 6.17. The van der Waals surface area contributed by atoms with Crippen molar-refractivity contribution in [2.24, 2.45) is 0 Å². The van der Waals surface area contributed by atoms with Gasteiger partial charge in [-0.3, -0.25) is 0 Å². The van der Waals surface area contributed by atoms with Gasteiger partial charge in [0.25, 0.3) is 0 Å². The fourth-order valence-corrected chi connectivity index (χ4v) is 2.71. The molecule has 13 heteroatoms. The summed E-state index contributed by atoms with van der Waals surface area (Å²) in [5.41, 5.74) is -0.0382. The number of rotatable bonds is 23. The van der Waals surface area contributed by atoms with Crippen LogP contribution < -0.4 is 14.2 Å². The third kappa shape index (κ3) is 14.1. The summed E-state index contributed by atoms with van der Waals surface area (Å²) in [6, 6.07) is 3.04. The second kappa shape index (κ2) is 21.9. The van der Waals surface area contributed by atoms with Crippen LogP contribution in [0.5, 0.6) is 17.2 Å². The SMILES string of the molecule is CCOC(=O)C(=Cc1cc(OCOCCOC)c(OCOCCOC)cc1OCOCCOC)C(=O)OCC. The standard InChI is InChI=1S/C26H40O13/c1-6-35-25(27)21(26(28)36-7-2)14-20-15-23(38-18-33-12-9-30-4)24(39-19-34-13-10-31-5)16-22(20)37-17-32-11-8-29-3/h14-16H,6-13,17-19H2,1-5H3. The molecule has 13 nitrogen and oxygen atoms in total. The van der Waals surface area contributed by atoms with E-state index in [1.165, 1.54) is 18.2 Å². The summed E-state index contributed by atoms with van der Waals surface area (Å²) in [5, 5.41) is 0. The van der Waals surface area contributed by atoms with Crippen molar-refractivity contribution in [1.29, 1.82) is 0 Å². The van der Waals surface area contributed by atoms with Crippen molar-refractivity contribution in [2.75, 3.05) is 94.6 Å². The Bertz CT molecular complexity index is 836. The van der Waals surface area contributed by atoms with Gasteiger partial charge in [-0.15, -0.1) is 0 Å². The lowest BCUT2D eigenvalue weighted by atomic mass is 10.1. The highest BCUT2D eigenvalue weighted by Gasteiger charge is 2.23. The first-order chi connectivity index (χ1) is 19.0. The molecular formula is C26H40O13. The molecule has 222 valence electrons. The first-order valence-electron chi connectivity index (χ1n) is 12.3. The third-order valence-electron chi connectivity index (χ3n) is 4.56. The van der Waals surface area contributed by atoms with E-state index in [9.17, 15) is 9.59 Å². The Morgan fingerprint density at radius 3 is 1.44 bits per heavy atom. The van der Waals surface area contributed by atoms with Gasteiger partial charge in [-0.25, -0.2) is 9.59 Å². The van der Waals surface area contributed by atoms with Gasteiger partial charge < -0.3 is 52.1 Å². The molecule has 0 N–H and O–H groups in total. The third-order valence-corrected chi connectivity index (χ3v) is 4.56. The molecular weight excluding hydrogens is 520 g/mol. The molecule has 39 heavy (non-hydrogen) atoms. The molecule has 0 heterocycles. The maximum absolute atomic E-state index is 12.6. The predicted molar refractivity (Wildman–Crippen MR) is 138 cm³/mol. The summed E-state index contributed by atoms with van der Waals surface area (Å²) < 4.78 is 58.5. The van der Waals surface area contributed by atoms with Crippen LogP contribution in [0, 0.1) is 0 Å². The zero-order chi connectivity index (χ0) is 28.7. The van der Waals surface area contributed by atoms with E-state index in [0.717, 1.165) is 0 Å². The molecule has 0 unspecified atom stereocenters. The second-order valence-corrected chi connectivity index (χ2v) is 7.33. The molecule has 1 aromatic rings. The lowest BCUT2D eigenvalue weighted by Gasteiger charge is -2.17. The Balaban J connectivity index is 3.41. The van der Waals surface area contributed by atoms with Crippen LogP contribution in [0.25, 0.3) is 6.08 Å². The quantitative estimate of drug-likeness (QED) is 0.0483. The molecule has 0 aromatic heterocycles. The van der Waals surface area contributed by atoms with Crippen molar-refractivity contribution in [3.05, 3.63) is 23.3 Å². The van der Waals surface area contributed by atoms with Gasteiger partial charge in [0, 0.05) is 33.0 Å². The van der Waals surface area contributed by atoms with E-state index in [1.807, 2.05) is 0 Å². The highest BCUT2D eigenvalue weighted by Crippen LogP contribution is 2.37. The molecule has 1 rings (SSSR count). The first kappa shape index (κ1) is 34.1. The topological polar surface area (TPSA) is 136 Å². The van der Waals surface area contributed by atoms with Crippen molar-refractivity contribution < 1.29 is 61.7 Å². The van der Waals surface area contributed by atoms with Gasteiger partial charge in [-0.2, -0.15) is 0 Å². The zero-order valence-corrected chi connectivity index (χ0v) is 23.3. The zero-order valence-electron chi connectivity index (χ0n) is 23.3. The van der Waals surface area contributed by atoms with Gasteiger partial charge in [0.05, 0.1) is 52.9 Å². The molecule has 0 radical (unpaired) electrons. The number of esters is 2. The number of hydrogen-bond donors (Lipinski definition) is 0. The van der Waals surface area contributed by atoms with Crippen LogP contribution >= 0.6 is 0 Å². The highest BCUT2D eigenvalue weighted by atomic mass is 16.7. The van der Waals surface area contributed by atoms with Gasteiger partial charge in [-0.1, -0.05) is 0 Å². The number of benzene rings is 1. The summed E-state index contributed by atoms with van der Waals surface area (Å²) in [5.74, 6) is -1.00. The van der Waals surface area contributed by atoms with E-state index in [2.05, 4.69) is 0 Å². The number of ether oxygens (including phenoxy) is 11. The van der Waals surface area contributed by atoms with Crippen LogP contribution in [0.15, 0.2) is 17.7 Å². The van der Waals surface area contributed by atoms with Gasteiger partial charge in [-0.05, 0) is 26.0 Å². The summed E-state index contributed by atoms with van der Waals surface area (Å²) in [6.45, 7) is 5.04. The number of carbonyl (C=O) groups is 2. The van der Waals surface area contributed by atoms with Crippen molar-refractivity contribution in [1.82, 2.24) is 0 Å². The average Bonchev–Trinajstić information content (AvgIpc) is 2.92. The maximum Gasteiger partial charge on any atom is 0.345 e. The summed E-state index contributed by atoms with van der Waals surface area (Å²) in [6.07, 6.45) is 1.29. The van der Waals surface area contributed by atoms with E-state index in [-0.39, 0.29) is 63.0 Å². The number of carbonyl (C=O) groups excluding carboxylic acids is 2. The van der Waals surface area contributed by atoms with Gasteiger partial charge in [0.15, 0.2) is 31.9 Å². The van der Waals surface area contributed by atoms with Gasteiger partial charge in [0.2, 0.25) is 0 Å². The van der Waals surface area contributed by atoms with E-state index in [0.29, 0.717) is 38.6 Å². The van der Waals surface area contributed by atoms with Gasteiger partial charge >= 0.3 is 11.9 Å². The van der Waals surface area contributed by atoms with Crippen molar-refractivity contribution >= 4 is 18.0 Å². The minimum Gasteiger partial charge on any atom is -0.467 e. The minimum atomic E-state index is -0.851. The van der Waals surface area contributed by atoms with Crippen molar-refractivity contribution in [3.8, 4) is 17.2 Å². The van der Waals surface area contributed by atoms with Crippen LogP contribution in [0.4, 0.5) is 0 Å². The summed E-state index contributed by atoms with van der Waals surface area (Å²) in [7, 11) is 4.67. The Morgan fingerprint density at radius 1 is 0.615 bits per heavy atom. The fraction of sp³-hybridized carbons (Fsp3) is 0.615. The summed E-state index contributed by atoms with van der Waals surface area (Å²) in [4.78, 5) is 25.1. The van der Waals surface area contributed by atoms with Crippen LogP contribution in [0.1, 0.15) is 19.4 Å². The molecule has 0 fully saturated rings. The van der Waals surface area contributed by atoms with E-state index < -0.39 is 11.9 Å². The summed E-state index contributed by atoms with van der Waals surface area (Å²) >= 11 is 0. The van der Waals surface area contributed by atoms with E-state index in [1.54, 1.807) is 35.2 Å². The van der Waals surface area contributed by atoms with E-state index in [4.69, 9.17) is 52.1 Å². The molecule has 0 aliphatic heterocycles. The molecule has 0 amide bonds. The molecule has 0 saturated heterocycles. The minimum absolute atomic E-state index is 0.0648. The Labute approximate surface area is 229 Å². The normalized spacial score (nSPS) is 10.6. The van der Waals surface area contributed by atoms with Crippen LogP contribution in [-0.2, 0) is 47.5 Å². The van der Waals surface area contributed by atoms with Gasteiger partial charge in [0.1, 0.15) is 11.3 Å². The van der Waals surface area contributed by atoms with Crippen LogP contribution in [0.2, 0.25) is 0 Å². The Kier molecular flexibility index (Phi) is 19.2. The maximum atomic E-state index is 12.6. The average molecular weight is 561 g/mol. The monoisotopic (exact) mass is 560 g/mol. The smallest absolute Gasteiger partial charge is 0.345 e. The van der Waals surface area contributed by atoms with Crippen molar-refractivity contribution in [2.45, 2.75) is 13.8 Å². The fourth-order valence-electron chi connectivity index (χ4n) is 2.71. The number of hydrogen-bond acceptors (Lipinski definition) is 13. The van der Waals surface area contributed by atoms with Crippen molar-refractivity contribution in [3.63, 3.8) is 0 Å². The predicted octanol–water partition coefficient (Wildman–Crippen LogP) is 2.19. The number of methoxy groups -OCH3 is 3.